The summed E-state index contributed by atoms with van der Waals surface area (Å²) >= 11 is 0. The monoisotopic (exact) mass is 470 g/mol. The molecule has 0 fully saturated rings. The van der Waals surface area contributed by atoms with Crippen LogP contribution >= 0.6 is 0 Å². The van der Waals surface area contributed by atoms with Crippen molar-refractivity contribution >= 4 is 17.8 Å². The predicted molar refractivity (Wildman–Crippen MR) is 96.9 cm³/mol. The molecule has 2 rings (SSSR count). The fraction of sp³-hybridized carbons (Fsp3) is 0.278. The van der Waals surface area contributed by atoms with Crippen LogP contribution in [0.5, 0.6) is 11.6 Å². The first-order valence-electron chi connectivity index (χ1n) is 8.63. The van der Waals surface area contributed by atoms with Crippen molar-refractivity contribution in [1.29, 1.82) is 0 Å². The van der Waals surface area contributed by atoms with E-state index in [2.05, 4.69) is 15.4 Å². The van der Waals surface area contributed by atoms with Gasteiger partial charge in [0.15, 0.2) is 0 Å². The predicted octanol–water partition coefficient (Wildman–Crippen LogP) is 5.24. The minimum Gasteiger partial charge on any atom is -0.439 e. The summed E-state index contributed by atoms with van der Waals surface area (Å²) in [5.74, 6) is -7.17. The molecular formula is C18H14F8N4O2. The van der Waals surface area contributed by atoms with E-state index in [-0.39, 0.29) is 17.3 Å². The number of hydrogen-bond donors (Lipinski definition) is 2. The van der Waals surface area contributed by atoms with Crippen LogP contribution in [-0.2, 0) is 6.18 Å². The van der Waals surface area contributed by atoms with E-state index in [0.717, 1.165) is 18.2 Å². The van der Waals surface area contributed by atoms with E-state index in [9.17, 15) is 39.9 Å². The normalized spacial score (nSPS) is 12.7. The molecule has 0 aliphatic rings. The Morgan fingerprint density at radius 3 is 2.38 bits per heavy atom. The number of aromatic nitrogens is 1. The van der Waals surface area contributed by atoms with Gasteiger partial charge in [-0.1, -0.05) is 6.07 Å². The first kappa shape index (κ1) is 24.8. The zero-order valence-corrected chi connectivity index (χ0v) is 16.0. The van der Waals surface area contributed by atoms with E-state index in [4.69, 9.17) is 4.74 Å². The molecule has 2 N–H and O–H groups in total. The van der Waals surface area contributed by atoms with E-state index >= 15 is 0 Å². The number of rotatable bonds is 7. The molecule has 14 heteroatoms. The van der Waals surface area contributed by atoms with E-state index in [1.807, 2.05) is 0 Å². The fourth-order valence-corrected chi connectivity index (χ4v) is 2.14. The summed E-state index contributed by atoms with van der Waals surface area (Å²) in [6.45, 7) is 2.01. The van der Waals surface area contributed by atoms with Crippen molar-refractivity contribution in [2.75, 3.05) is 11.9 Å². The van der Waals surface area contributed by atoms with Gasteiger partial charge in [-0.25, -0.2) is 10.4 Å². The van der Waals surface area contributed by atoms with Crippen LogP contribution in [0.4, 0.5) is 40.8 Å². The summed E-state index contributed by atoms with van der Waals surface area (Å²) in [6.07, 6.45) is -11.3. The van der Waals surface area contributed by atoms with Crippen molar-refractivity contribution < 1.29 is 44.7 Å². The summed E-state index contributed by atoms with van der Waals surface area (Å²) in [6, 6.07) is 6.11. The quantitative estimate of drug-likeness (QED) is 0.330. The number of carbonyl (C=O) groups excluding carboxylic acids is 1. The molecule has 0 atom stereocenters. The van der Waals surface area contributed by atoms with Crippen LogP contribution in [-0.4, -0.2) is 35.7 Å². The highest BCUT2D eigenvalue weighted by atomic mass is 19.4. The molecule has 0 radical (unpaired) electrons. The van der Waals surface area contributed by atoms with Crippen LogP contribution < -0.4 is 15.5 Å². The molecule has 32 heavy (non-hydrogen) atoms. The molecule has 2 aromatic rings. The van der Waals surface area contributed by atoms with Crippen LogP contribution in [0.15, 0.2) is 41.5 Å². The first-order valence-corrected chi connectivity index (χ1v) is 8.63. The second kappa shape index (κ2) is 9.36. The number of nitrogens with zero attached hydrogens (tertiary/aromatic N) is 2. The van der Waals surface area contributed by atoms with Crippen LogP contribution in [0.25, 0.3) is 0 Å². The van der Waals surface area contributed by atoms with Crippen molar-refractivity contribution in [2.24, 2.45) is 5.10 Å². The first-order chi connectivity index (χ1) is 14.7. The van der Waals surface area contributed by atoms with Crippen LogP contribution in [0, 0.1) is 0 Å². The summed E-state index contributed by atoms with van der Waals surface area (Å²) in [5, 5.41) is 5.37. The van der Waals surface area contributed by atoms with Gasteiger partial charge in [-0.05, 0) is 31.2 Å². The standard InChI is InChI=1S/C18H14F8N4O2/c1-2-27-11-7-13(15(31)30-28-9-16(19,20)18(24,25)26)29-14(8-11)32-12-5-3-4-10(6-12)17(21,22)23/h3-9H,2H2,1H3,(H,27,29)(H,30,31). The molecule has 0 aliphatic heterocycles. The molecular weight excluding hydrogens is 456 g/mol. The number of amides is 1. The van der Waals surface area contributed by atoms with E-state index < -0.39 is 41.7 Å². The van der Waals surface area contributed by atoms with Gasteiger partial charge in [-0.3, -0.25) is 4.79 Å². The molecule has 174 valence electrons. The molecule has 1 heterocycles. The maximum absolute atomic E-state index is 12.8. The zero-order chi connectivity index (χ0) is 24.2. The molecule has 6 nitrogen and oxygen atoms in total. The highest BCUT2D eigenvalue weighted by Crippen LogP contribution is 2.34. The van der Waals surface area contributed by atoms with Crippen molar-refractivity contribution in [2.45, 2.75) is 25.2 Å². The topological polar surface area (TPSA) is 75.6 Å². The molecule has 1 amide bonds. The number of benzene rings is 1. The summed E-state index contributed by atoms with van der Waals surface area (Å²) < 4.78 is 106. The zero-order valence-electron chi connectivity index (χ0n) is 16.0. The van der Waals surface area contributed by atoms with Gasteiger partial charge in [0.2, 0.25) is 5.88 Å². The Morgan fingerprint density at radius 2 is 1.78 bits per heavy atom. The molecule has 0 saturated carbocycles. The summed E-state index contributed by atoms with van der Waals surface area (Å²) in [4.78, 5) is 15.8. The van der Waals surface area contributed by atoms with Crippen LogP contribution in [0.1, 0.15) is 23.0 Å². The van der Waals surface area contributed by atoms with Crippen molar-refractivity contribution in [3.63, 3.8) is 0 Å². The Balaban J connectivity index is 2.27. The lowest BCUT2D eigenvalue weighted by Gasteiger charge is -2.14. The second-order valence-electron chi connectivity index (χ2n) is 6.06. The molecule has 0 spiro atoms. The van der Waals surface area contributed by atoms with Gasteiger partial charge in [0, 0.05) is 18.3 Å². The minimum atomic E-state index is -5.91. The Kier molecular flexibility index (Phi) is 7.26. The number of pyridine rings is 1. The summed E-state index contributed by atoms with van der Waals surface area (Å²) in [5.41, 5.74) is 0.160. The van der Waals surface area contributed by atoms with Crippen molar-refractivity contribution in [3.8, 4) is 11.6 Å². The van der Waals surface area contributed by atoms with E-state index in [1.54, 1.807) is 6.92 Å². The lowest BCUT2D eigenvalue weighted by molar-refractivity contribution is -0.247. The van der Waals surface area contributed by atoms with Gasteiger partial charge < -0.3 is 10.1 Å². The third-order valence-electron chi connectivity index (χ3n) is 3.57. The maximum Gasteiger partial charge on any atom is 0.459 e. The average Bonchev–Trinajstić information content (AvgIpc) is 2.66. The molecule has 0 aliphatic carbocycles. The molecule has 1 aromatic heterocycles. The number of halogens is 8. The lowest BCUT2D eigenvalue weighted by atomic mass is 10.2. The highest BCUT2D eigenvalue weighted by Gasteiger charge is 2.56. The van der Waals surface area contributed by atoms with E-state index in [1.165, 1.54) is 17.6 Å². The third kappa shape index (κ3) is 6.52. The molecule has 0 unspecified atom stereocenters. The molecule has 0 bridgehead atoms. The number of ether oxygens (including phenoxy) is 1. The maximum atomic E-state index is 12.8. The Labute approximate surface area is 175 Å². The van der Waals surface area contributed by atoms with Gasteiger partial charge in [-0.2, -0.15) is 40.2 Å². The van der Waals surface area contributed by atoms with Gasteiger partial charge in [0.1, 0.15) is 17.7 Å². The fourth-order valence-electron chi connectivity index (χ4n) is 2.14. The SMILES string of the molecule is CCNc1cc(Oc2cccc(C(F)(F)F)c2)nc(C(=O)NN=CC(F)(F)C(F)(F)F)c1. The van der Waals surface area contributed by atoms with Crippen molar-refractivity contribution in [3.05, 3.63) is 47.7 Å². The average molecular weight is 470 g/mol. The van der Waals surface area contributed by atoms with Crippen LogP contribution in [0.3, 0.4) is 0 Å². The number of alkyl halides is 8. The number of anilines is 1. The second-order valence-corrected chi connectivity index (χ2v) is 6.06. The van der Waals surface area contributed by atoms with Gasteiger partial charge >= 0.3 is 18.3 Å². The smallest absolute Gasteiger partial charge is 0.439 e. The minimum absolute atomic E-state index is 0.208. The highest BCUT2D eigenvalue weighted by molar-refractivity contribution is 5.93. The number of carbonyl (C=O) groups is 1. The number of hydrazone groups is 1. The molecule has 0 saturated heterocycles. The third-order valence-corrected chi connectivity index (χ3v) is 3.57. The largest absolute Gasteiger partial charge is 0.459 e. The van der Waals surface area contributed by atoms with Crippen molar-refractivity contribution in [1.82, 2.24) is 10.4 Å². The lowest BCUT2D eigenvalue weighted by Crippen LogP contribution is -2.38. The number of hydrogen-bond acceptors (Lipinski definition) is 5. The molecule has 1 aromatic carbocycles. The van der Waals surface area contributed by atoms with Gasteiger partial charge in [0.05, 0.1) is 5.56 Å². The van der Waals surface area contributed by atoms with Gasteiger partial charge in [0.25, 0.3) is 5.91 Å². The summed E-state index contributed by atoms with van der Waals surface area (Å²) in [7, 11) is 0. The number of nitrogens with one attached hydrogen (secondary N) is 2. The Morgan fingerprint density at radius 1 is 1.09 bits per heavy atom. The van der Waals surface area contributed by atoms with E-state index in [0.29, 0.717) is 12.6 Å². The van der Waals surface area contributed by atoms with Crippen LogP contribution in [0.2, 0.25) is 0 Å². The Hall–Kier alpha value is -3.45. The van der Waals surface area contributed by atoms with Gasteiger partial charge in [-0.15, -0.1) is 0 Å². The Bertz CT molecular complexity index is 990.